The minimum atomic E-state index is 0.444. The monoisotopic (exact) mass is 178 g/mol. The Labute approximate surface area is 77.9 Å². The first-order valence-corrected chi connectivity index (χ1v) is 4.35. The Kier molecular flexibility index (Phi) is 3.37. The van der Waals surface area contributed by atoms with Gasteiger partial charge in [0.1, 0.15) is 12.0 Å². The third kappa shape index (κ3) is 2.50. The first-order chi connectivity index (χ1) is 6.25. The molecule has 13 heavy (non-hydrogen) atoms. The standard InChI is InChI=1S/C9H14N4/c1-3-4-5-11-8-7(2)12-6-13-9(8)10/h5-6H,3-4H2,1-2H3,(H2,10,12,13)/b11-5-. The average molecular weight is 178 g/mol. The maximum atomic E-state index is 5.64. The molecule has 1 rings (SSSR count). The molecule has 0 unspecified atom stereocenters. The van der Waals surface area contributed by atoms with Gasteiger partial charge in [0.15, 0.2) is 5.82 Å². The number of aryl methyl sites for hydroxylation is 1. The van der Waals surface area contributed by atoms with E-state index in [1.807, 2.05) is 13.1 Å². The highest BCUT2D eigenvalue weighted by Gasteiger charge is 2.01. The Morgan fingerprint density at radius 2 is 2.31 bits per heavy atom. The molecule has 4 nitrogen and oxygen atoms in total. The number of aromatic nitrogens is 2. The second kappa shape index (κ2) is 4.54. The predicted molar refractivity (Wildman–Crippen MR) is 54.2 cm³/mol. The zero-order valence-corrected chi connectivity index (χ0v) is 7.99. The Hall–Kier alpha value is -1.45. The molecule has 0 aromatic carbocycles. The third-order valence-electron chi connectivity index (χ3n) is 1.67. The summed E-state index contributed by atoms with van der Waals surface area (Å²) in [4.78, 5) is 12.1. The number of aliphatic imine (C=N–C) groups is 1. The minimum Gasteiger partial charge on any atom is -0.382 e. The Morgan fingerprint density at radius 3 is 2.92 bits per heavy atom. The van der Waals surface area contributed by atoms with Gasteiger partial charge in [-0.25, -0.2) is 9.97 Å². The van der Waals surface area contributed by atoms with Crippen molar-refractivity contribution in [1.29, 1.82) is 0 Å². The predicted octanol–water partition coefficient (Wildman–Crippen LogP) is 1.87. The molecule has 2 N–H and O–H groups in total. The molecule has 1 aromatic rings. The molecule has 4 heteroatoms. The number of anilines is 1. The van der Waals surface area contributed by atoms with Crippen LogP contribution in [0.25, 0.3) is 0 Å². The number of nitrogen functional groups attached to an aromatic ring is 1. The molecule has 0 aliphatic carbocycles. The summed E-state index contributed by atoms with van der Waals surface area (Å²) in [5.74, 6) is 0.444. The molecular formula is C9H14N4. The van der Waals surface area contributed by atoms with Crippen molar-refractivity contribution >= 4 is 17.7 Å². The van der Waals surface area contributed by atoms with Crippen LogP contribution in [-0.4, -0.2) is 16.2 Å². The van der Waals surface area contributed by atoms with Gasteiger partial charge in [0.25, 0.3) is 0 Å². The molecule has 0 saturated carbocycles. The summed E-state index contributed by atoms with van der Waals surface area (Å²) in [6, 6.07) is 0. The van der Waals surface area contributed by atoms with Crippen molar-refractivity contribution in [1.82, 2.24) is 9.97 Å². The van der Waals surface area contributed by atoms with E-state index in [9.17, 15) is 0 Å². The zero-order valence-electron chi connectivity index (χ0n) is 7.99. The molecule has 0 saturated heterocycles. The lowest BCUT2D eigenvalue weighted by Crippen LogP contribution is -1.94. The van der Waals surface area contributed by atoms with Crippen molar-refractivity contribution in [2.45, 2.75) is 26.7 Å². The minimum absolute atomic E-state index is 0.444. The van der Waals surface area contributed by atoms with Crippen molar-refractivity contribution in [2.24, 2.45) is 4.99 Å². The van der Waals surface area contributed by atoms with E-state index >= 15 is 0 Å². The molecule has 0 amide bonds. The van der Waals surface area contributed by atoms with Crippen LogP contribution in [0.4, 0.5) is 11.5 Å². The number of rotatable bonds is 3. The van der Waals surface area contributed by atoms with Gasteiger partial charge in [-0.1, -0.05) is 13.3 Å². The summed E-state index contributed by atoms with van der Waals surface area (Å²) in [5.41, 5.74) is 7.15. The zero-order chi connectivity index (χ0) is 9.68. The summed E-state index contributed by atoms with van der Waals surface area (Å²) in [5, 5.41) is 0. The highest BCUT2D eigenvalue weighted by Crippen LogP contribution is 2.21. The summed E-state index contributed by atoms with van der Waals surface area (Å²) in [6.07, 6.45) is 5.33. The lowest BCUT2D eigenvalue weighted by atomic mass is 10.3. The molecule has 1 heterocycles. The summed E-state index contributed by atoms with van der Waals surface area (Å²) >= 11 is 0. The fraction of sp³-hybridized carbons (Fsp3) is 0.444. The van der Waals surface area contributed by atoms with Crippen molar-refractivity contribution < 1.29 is 0 Å². The lowest BCUT2D eigenvalue weighted by Gasteiger charge is -2.00. The third-order valence-corrected chi connectivity index (χ3v) is 1.67. The Bertz CT molecular complexity index is 286. The summed E-state index contributed by atoms with van der Waals surface area (Å²) in [6.45, 7) is 3.97. The van der Waals surface area contributed by atoms with E-state index in [0.29, 0.717) is 11.5 Å². The number of hydrogen-bond donors (Lipinski definition) is 1. The molecule has 0 fully saturated rings. The topological polar surface area (TPSA) is 64.2 Å². The maximum absolute atomic E-state index is 5.64. The van der Waals surface area contributed by atoms with Crippen LogP contribution in [0.2, 0.25) is 0 Å². The molecule has 0 radical (unpaired) electrons. The fourth-order valence-electron chi connectivity index (χ4n) is 0.930. The van der Waals surface area contributed by atoms with Gasteiger partial charge in [-0.15, -0.1) is 0 Å². The first-order valence-electron chi connectivity index (χ1n) is 4.35. The van der Waals surface area contributed by atoms with Crippen LogP contribution in [-0.2, 0) is 0 Å². The van der Waals surface area contributed by atoms with E-state index in [1.165, 1.54) is 6.33 Å². The highest BCUT2D eigenvalue weighted by atomic mass is 15.0. The van der Waals surface area contributed by atoms with Gasteiger partial charge in [0.2, 0.25) is 0 Å². The van der Waals surface area contributed by atoms with E-state index in [1.54, 1.807) is 0 Å². The van der Waals surface area contributed by atoms with Gasteiger partial charge in [0.05, 0.1) is 5.69 Å². The smallest absolute Gasteiger partial charge is 0.153 e. The van der Waals surface area contributed by atoms with Gasteiger partial charge in [-0.05, 0) is 13.3 Å². The van der Waals surface area contributed by atoms with Gasteiger partial charge < -0.3 is 5.73 Å². The second-order valence-corrected chi connectivity index (χ2v) is 2.79. The van der Waals surface area contributed by atoms with Crippen LogP contribution >= 0.6 is 0 Å². The van der Waals surface area contributed by atoms with Gasteiger partial charge in [-0.2, -0.15) is 0 Å². The molecule has 70 valence electrons. The van der Waals surface area contributed by atoms with Crippen LogP contribution in [0.15, 0.2) is 11.3 Å². The van der Waals surface area contributed by atoms with Crippen molar-refractivity contribution in [3.63, 3.8) is 0 Å². The van der Waals surface area contributed by atoms with E-state index in [0.717, 1.165) is 18.5 Å². The van der Waals surface area contributed by atoms with Crippen LogP contribution < -0.4 is 5.73 Å². The van der Waals surface area contributed by atoms with E-state index in [2.05, 4.69) is 21.9 Å². The van der Waals surface area contributed by atoms with E-state index < -0.39 is 0 Å². The van der Waals surface area contributed by atoms with Crippen LogP contribution in [0.3, 0.4) is 0 Å². The van der Waals surface area contributed by atoms with Crippen LogP contribution in [0.1, 0.15) is 25.5 Å². The van der Waals surface area contributed by atoms with E-state index in [4.69, 9.17) is 5.73 Å². The lowest BCUT2D eigenvalue weighted by molar-refractivity contribution is 1.01. The molecule has 0 atom stereocenters. The number of hydrogen-bond acceptors (Lipinski definition) is 4. The second-order valence-electron chi connectivity index (χ2n) is 2.79. The molecule has 0 aliphatic heterocycles. The Balaban J connectivity index is 2.87. The first kappa shape index (κ1) is 9.64. The van der Waals surface area contributed by atoms with Gasteiger partial charge in [0, 0.05) is 6.21 Å². The molecule has 1 aromatic heterocycles. The van der Waals surface area contributed by atoms with Crippen molar-refractivity contribution in [2.75, 3.05) is 5.73 Å². The number of nitrogens with two attached hydrogens (primary N) is 1. The summed E-state index contributed by atoms with van der Waals surface area (Å²) < 4.78 is 0. The SMILES string of the molecule is CCC/C=N\c1c(C)ncnc1N. The number of nitrogens with zero attached hydrogens (tertiary/aromatic N) is 3. The van der Waals surface area contributed by atoms with Crippen LogP contribution in [0, 0.1) is 6.92 Å². The number of unbranched alkanes of at least 4 members (excludes halogenated alkanes) is 1. The van der Waals surface area contributed by atoms with Crippen molar-refractivity contribution in [3.8, 4) is 0 Å². The van der Waals surface area contributed by atoms with Crippen molar-refractivity contribution in [3.05, 3.63) is 12.0 Å². The molecule has 0 spiro atoms. The van der Waals surface area contributed by atoms with Crippen LogP contribution in [0.5, 0.6) is 0 Å². The van der Waals surface area contributed by atoms with E-state index in [-0.39, 0.29) is 0 Å². The Morgan fingerprint density at radius 1 is 1.54 bits per heavy atom. The molecule has 0 bridgehead atoms. The normalized spacial score (nSPS) is 10.9. The van der Waals surface area contributed by atoms with Gasteiger partial charge >= 0.3 is 0 Å². The average Bonchev–Trinajstić information content (AvgIpc) is 2.10. The molecular weight excluding hydrogens is 164 g/mol. The highest BCUT2D eigenvalue weighted by molar-refractivity contribution is 5.69. The quantitative estimate of drug-likeness (QED) is 0.718. The maximum Gasteiger partial charge on any atom is 0.153 e. The summed E-state index contributed by atoms with van der Waals surface area (Å²) in [7, 11) is 0. The molecule has 0 aliphatic rings. The largest absolute Gasteiger partial charge is 0.382 e. The fourth-order valence-corrected chi connectivity index (χ4v) is 0.930. The van der Waals surface area contributed by atoms with Gasteiger partial charge in [-0.3, -0.25) is 4.99 Å².